The summed E-state index contributed by atoms with van der Waals surface area (Å²) >= 11 is 7.61. The molecule has 0 radical (unpaired) electrons. The van der Waals surface area contributed by atoms with E-state index in [0.29, 0.717) is 29.2 Å². The molecule has 188 valence electrons. The molecule has 4 atom stereocenters. The summed E-state index contributed by atoms with van der Waals surface area (Å²) in [5.41, 5.74) is 2.89. The van der Waals surface area contributed by atoms with Gasteiger partial charge < -0.3 is 4.90 Å². The number of hydrogen-bond acceptors (Lipinski definition) is 6. The highest BCUT2D eigenvalue weighted by atomic mass is 35.5. The van der Waals surface area contributed by atoms with Crippen molar-refractivity contribution in [3.63, 3.8) is 0 Å². The molecular weight excluding hydrogens is 481 g/mol. The van der Waals surface area contributed by atoms with Crippen LogP contribution in [0.1, 0.15) is 76.7 Å². The van der Waals surface area contributed by atoms with Gasteiger partial charge in [0.25, 0.3) is 0 Å². The van der Waals surface area contributed by atoms with Crippen LogP contribution >= 0.6 is 23.4 Å². The van der Waals surface area contributed by atoms with Crippen molar-refractivity contribution >= 4 is 29.1 Å². The minimum Gasteiger partial charge on any atom is -0.303 e. The van der Waals surface area contributed by atoms with Crippen LogP contribution in [0.2, 0.25) is 5.15 Å². The van der Waals surface area contributed by atoms with Crippen LogP contribution in [0.15, 0.2) is 27.7 Å². The van der Waals surface area contributed by atoms with Crippen LogP contribution < -0.4 is 0 Å². The van der Waals surface area contributed by atoms with E-state index in [9.17, 15) is 9.65 Å². The summed E-state index contributed by atoms with van der Waals surface area (Å²) in [5, 5.41) is 19.1. The van der Waals surface area contributed by atoms with Gasteiger partial charge in [0.15, 0.2) is 11.3 Å². The van der Waals surface area contributed by atoms with Gasteiger partial charge in [0.05, 0.1) is 6.07 Å². The standard InChI is InChI=1S/C27H35ClFN5S/c1-4-7-20(16(2)19-9-5-10-22-24(19)21(15-30)26(29)35-22)25(31)27-32-17(14-23(28)33-27)11-12-18-8-6-13-34(18)3/h14,18-19,21,26,31H,4-13H2,1-3H3/b20-16+,31-25?. The predicted octanol–water partition coefficient (Wildman–Crippen LogP) is 6.88. The van der Waals surface area contributed by atoms with E-state index in [4.69, 9.17) is 22.0 Å². The lowest BCUT2D eigenvalue weighted by Crippen LogP contribution is -2.25. The van der Waals surface area contributed by atoms with E-state index in [1.165, 1.54) is 24.6 Å². The first-order chi connectivity index (χ1) is 16.8. The predicted molar refractivity (Wildman–Crippen MR) is 141 cm³/mol. The number of halogens is 2. The van der Waals surface area contributed by atoms with Crippen LogP contribution in [0.5, 0.6) is 0 Å². The molecule has 1 fully saturated rings. The third-order valence-corrected chi connectivity index (χ3v) is 9.18. The summed E-state index contributed by atoms with van der Waals surface area (Å²) in [6, 6.07) is 4.59. The van der Waals surface area contributed by atoms with E-state index in [1.807, 2.05) is 13.0 Å². The van der Waals surface area contributed by atoms with Crippen molar-refractivity contribution in [1.82, 2.24) is 14.9 Å². The van der Waals surface area contributed by atoms with Crippen LogP contribution in [0.3, 0.4) is 0 Å². The molecule has 1 aromatic heterocycles. The molecule has 3 heterocycles. The lowest BCUT2D eigenvalue weighted by Gasteiger charge is -2.29. The van der Waals surface area contributed by atoms with Gasteiger partial charge in [-0.15, -0.1) is 0 Å². The van der Waals surface area contributed by atoms with Gasteiger partial charge in [-0.3, -0.25) is 5.41 Å². The minimum atomic E-state index is -1.19. The maximum Gasteiger partial charge on any atom is 0.179 e. The van der Waals surface area contributed by atoms with E-state index in [2.05, 4.69) is 29.9 Å². The highest BCUT2D eigenvalue weighted by Crippen LogP contribution is 2.53. The highest BCUT2D eigenvalue weighted by molar-refractivity contribution is 8.03. The summed E-state index contributed by atoms with van der Waals surface area (Å²) in [5.74, 6) is -0.341. The number of likely N-dealkylation sites (tertiary alicyclic amines) is 1. The fourth-order valence-corrected chi connectivity index (χ4v) is 7.37. The Morgan fingerprint density at radius 2 is 2.14 bits per heavy atom. The van der Waals surface area contributed by atoms with Crippen LogP contribution in [-0.4, -0.2) is 45.7 Å². The fraction of sp³-hybridized carbons (Fsp3) is 0.630. The van der Waals surface area contributed by atoms with E-state index in [0.717, 1.165) is 72.4 Å². The van der Waals surface area contributed by atoms with Crippen molar-refractivity contribution in [1.29, 1.82) is 10.7 Å². The number of aromatic nitrogens is 2. The quantitative estimate of drug-likeness (QED) is 0.301. The van der Waals surface area contributed by atoms with E-state index in [1.54, 1.807) is 0 Å². The van der Waals surface area contributed by atoms with Crippen LogP contribution in [0, 0.1) is 28.6 Å². The van der Waals surface area contributed by atoms with Crippen LogP contribution in [0.25, 0.3) is 0 Å². The Hall–Kier alpha value is -1.75. The smallest absolute Gasteiger partial charge is 0.179 e. The number of thioether (sulfide) groups is 1. The Labute approximate surface area is 217 Å². The number of nitriles is 1. The molecule has 35 heavy (non-hydrogen) atoms. The first kappa shape index (κ1) is 26.3. The van der Waals surface area contributed by atoms with Gasteiger partial charge in [-0.1, -0.05) is 42.3 Å². The first-order valence-electron chi connectivity index (χ1n) is 12.8. The average molecular weight is 516 g/mol. The molecule has 0 bridgehead atoms. The molecule has 8 heteroatoms. The molecule has 0 saturated carbocycles. The molecule has 0 spiro atoms. The molecule has 1 saturated heterocycles. The Morgan fingerprint density at radius 1 is 1.34 bits per heavy atom. The summed E-state index contributed by atoms with van der Waals surface area (Å²) in [4.78, 5) is 12.6. The van der Waals surface area contributed by atoms with Crippen LogP contribution in [0.4, 0.5) is 4.39 Å². The van der Waals surface area contributed by atoms with Gasteiger partial charge in [-0.05, 0) is 94.0 Å². The number of rotatable bonds is 8. The number of nitrogens with one attached hydrogen (secondary N) is 1. The normalized spacial score (nSPS) is 27.5. The molecule has 1 N–H and O–H groups in total. The monoisotopic (exact) mass is 515 g/mol. The number of alkyl halides is 1. The average Bonchev–Trinajstić information content (AvgIpc) is 3.40. The maximum absolute atomic E-state index is 14.6. The van der Waals surface area contributed by atoms with Gasteiger partial charge in [-0.25, -0.2) is 14.4 Å². The maximum atomic E-state index is 14.6. The number of hydrogen-bond donors (Lipinski definition) is 1. The zero-order valence-electron chi connectivity index (χ0n) is 20.9. The molecule has 1 aromatic rings. The third-order valence-electron chi connectivity index (χ3n) is 7.76. The van der Waals surface area contributed by atoms with Gasteiger partial charge in [0.1, 0.15) is 16.8 Å². The first-order valence-corrected chi connectivity index (χ1v) is 14.1. The SMILES string of the molecule is CCC/C(C(=N)c1nc(Cl)cc(CCC2CCCN2C)n1)=C(/C)C1CCCC2=C1C(C#N)C(F)S2. The summed E-state index contributed by atoms with van der Waals surface area (Å²) in [6.07, 6.45) is 8.56. The van der Waals surface area contributed by atoms with Crippen molar-refractivity contribution in [2.45, 2.75) is 83.2 Å². The zero-order valence-corrected chi connectivity index (χ0v) is 22.5. The van der Waals surface area contributed by atoms with Crippen molar-refractivity contribution in [2.75, 3.05) is 13.6 Å². The molecule has 4 rings (SSSR count). The Kier molecular flexibility index (Phi) is 8.67. The van der Waals surface area contributed by atoms with Gasteiger partial charge >= 0.3 is 0 Å². The summed E-state index contributed by atoms with van der Waals surface area (Å²) in [7, 11) is 2.17. The minimum absolute atomic E-state index is 0.00453. The van der Waals surface area contributed by atoms with Crippen LogP contribution in [-0.2, 0) is 6.42 Å². The molecule has 4 unspecified atom stereocenters. The topological polar surface area (TPSA) is 76.7 Å². The molecule has 0 aromatic carbocycles. The van der Waals surface area contributed by atoms with Gasteiger partial charge in [0.2, 0.25) is 0 Å². The van der Waals surface area contributed by atoms with Crippen molar-refractivity contribution < 1.29 is 4.39 Å². The Bertz CT molecular complexity index is 1080. The number of nitrogens with zero attached hydrogens (tertiary/aromatic N) is 4. The van der Waals surface area contributed by atoms with E-state index in [-0.39, 0.29) is 5.92 Å². The van der Waals surface area contributed by atoms with E-state index >= 15 is 0 Å². The largest absolute Gasteiger partial charge is 0.303 e. The molecule has 1 aliphatic carbocycles. The lowest BCUT2D eigenvalue weighted by atomic mass is 9.75. The second kappa shape index (κ2) is 11.5. The Balaban J connectivity index is 1.62. The van der Waals surface area contributed by atoms with E-state index < -0.39 is 11.4 Å². The number of allylic oxidation sites excluding steroid dienone is 4. The van der Waals surface area contributed by atoms with Crippen molar-refractivity contribution in [3.05, 3.63) is 44.4 Å². The molecule has 0 amide bonds. The van der Waals surface area contributed by atoms with Gasteiger partial charge in [-0.2, -0.15) is 5.26 Å². The lowest BCUT2D eigenvalue weighted by molar-refractivity contribution is 0.296. The van der Waals surface area contributed by atoms with Gasteiger partial charge in [0, 0.05) is 17.7 Å². The van der Waals surface area contributed by atoms with Crippen molar-refractivity contribution in [2.24, 2.45) is 11.8 Å². The second-order valence-electron chi connectivity index (χ2n) is 10.0. The Morgan fingerprint density at radius 3 is 2.83 bits per heavy atom. The third kappa shape index (κ3) is 5.65. The molecular formula is C27H35ClFN5S. The zero-order chi connectivity index (χ0) is 25.1. The second-order valence-corrected chi connectivity index (χ2v) is 11.6. The number of aryl methyl sites for hydroxylation is 1. The summed E-state index contributed by atoms with van der Waals surface area (Å²) in [6.45, 7) is 5.28. The fourth-order valence-electron chi connectivity index (χ4n) is 5.88. The van der Waals surface area contributed by atoms with Crippen molar-refractivity contribution in [3.8, 4) is 6.07 Å². The summed E-state index contributed by atoms with van der Waals surface area (Å²) < 4.78 is 14.6. The molecule has 3 aliphatic rings. The molecule has 2 aliphatic heterocycles. The molecule has 5 nitrogen and oxygen atoms in total. The highest BCUT2D eigenvalue weighted by Gasteiger charge is 2.42.